The predicted molar refractivity (Wildman–Crippen MR) is 131 cm³/mol. The zero-order valence-electron chi connectivity index (χ0n) is 19.4. The maximum absolute atomic E-state index is 12.9. The number of ether oxygens (including phenoxy) is 2. The summed E-state index contributed by atoms with van der Waals surface area (Å²) < 4.78 is 44.1. The number of fused-ring (bicyclic) bond motifs is 1. The van der Waals surface area contributed by atoms with Gasteiger partial charge in [0.1, 0.15) is 17.0 Å². The fourth-order valence-corrected chi connectivity index (χ4v) is 7.64. The van der Waals surface area contributed by atoms with Crippen LogP contribution in [0.5, 0.6) is 0 Å². The van der Waals surface area contributed by atoms with Crippen LogP contribution in [0.25, 0.3) is 21.6 Å². The lowest BCUT2D eigenvalue weighted by molar-refractivity contribution is -0.0383. The summed E-state index contributed by atoms with van der Waals surface area (Å²) in [5, 5.41) is 4.56. The minimum atomic E-state index is -3.30. The highest BCUT2D eigenvalue weighted by Gasteiger charge is 2.55. The molecule has 0 radical (unpaired) electrons. The maximum Gasteiger partial charge on any atom is 0.157 e. The van der Waals surface area contributed by atoms with Crippen LogP contribution in [0.3, 0.4) is 0 Å². The van der Waals surface area contributed by atoms with Crippen LogP contribution in [-0.2, 0) is 24.1 Å². The van der Waals surface area contributed by atoms with Crippen molar-refractivity contribution < 1.29 is 17.9 Å². The van der Waals surface area contributed by atoms with Crippen molar-refractivity contribution >= 4 is 37.4 Å². The van der Waals surface area contributed by atoms with Gasteiger partial charge in [-0.05, 0) is 68.3 Å². The van der Waals surface area contributed by atoms with Crippen LogP contribution < -0.4 is 4.90 Å². The Hall–Kier alpha value is -2.08. The standard InChI is InChI=1S/C23H29N5O4S2/c1-15-14-31-12-10-27(15)18-13-16(23(7-8-23)34(2,29)30)22-21(25-18)20(26-33-22)17-6-9-24-28(17)19-5-3-4-11-32-19/h6,9,13,15,19H,3-5,7-8,10-12,14H2,1-2H3/t15-,19?/m1/s1. The van der Waals surface area contributed by atoms with Gasteiger partial charge in [-0.3, -0.25) is 0 Å². The van der Waals surface area contributed by atoms with Gasteiger partial charge < -0.3 is 14.4 Å². The van der Waals surface area contributed by atoms with E-state index < -0.39 is 14.6 Å². The molecule has 2 atom stereocenters. The topological polar surface area (TPSA) is 99.4 Å². The molecule has 2 saturated heterocycles. The zero-order chi connectivity index (χ0) is 23.5. The molecule has 3 aromatic rings. The molecule has 5 heterocycles. The molecule has 0 bridgehead atoms. The number of rotatable bonds is 5. The molecule has 3 aliphatic rings. The van der Waals surface area contributed by atoms with Crippen LogP contribution >= 0.6 is 11.5 Å². The number of morpholine rings is 1. The quantitative estimate of drug-likeness (QED) is 0.522. The number of hydrogen-bond donors (Lipinski definition) is 0. The molecule has 1 aliphatic carbocycles. The van der Waals surface area contributed by atoms with E-state index in [1.54, 1.807) is 6.20 Å². The third-order valence-electron chi connectivity index (χ3n) is 7.32. The van der Waals surface area contributed by atoms with Crippen molar-refractivity contribution in [2.24, 2.45) is 0 Å². The summed E-state index contributed by atoms with van der Waals surface area (Å²) in [6.07, 6.45) is 7.32. The van der Waals surface area contributed by atoms with E-state index in [0.717, 1.165) is 58.9 Å². The molecule has 0 N–H and O–H groups in total. The second kappa shape index (κ2) is 8.25. The highest BCUT2D eigenvalue weighted by Crippen LogP contribution is 2.55. The molecule has 11 heteroatoms. The Labute approximate surface area is 203 Å². The SMILES string of the molecule is C[C@@H]1COCCN1c1cc(C2(S(C)(=O)=O)CC2)c2snc(-c3ccnn3C3CCCCO3)c2n1. The van der Waals surface area contributed by atoms with E-state index in [4.69, 9.17) is 18.8 Å². The third kappa shape index (κ3) is 3.55. The number of anilines is 1. The Morgan fingerprint density at radius 3 is 2.79 bits per heavy atom. The summed E-state index contributed by atoms with van der Waals surface area (Å²) in [5.74, 6) is 0.787. The molecule has 1 unspecified atom stereocenters. The molecule has 2 aliphatic heterocycles. The summed E-state index contributed by atoms with van der Waals surface area (Å²) in [5.41, 5.74) is 3.16. The number of nitrogens with zero attached hydrogens (tertiary/aromatic N) is 5. The Morgan fingerprint density at radius 2 is 2.09 bits per heavy atom. The van der Waals surface area contributed by atoms with Gasteiger partial charge in [-0.2, -0.15) is 9.47 Å². The van der Waals surface area contributed by atoms with E-state index in [-0.39, 0.29) is 12.3 Å². The summed E-state index contributed by atoms with van der Waals surface area (Å²) in [4.78, 5) is 7.29. The average Bonchev–Trinajstić information content (AvgIpc) is 3.33. The van der Waals surface area contributed by atoms with Gasteiger partial charge in [-0.1, -0.05) is 0 Å². The van der Waals surface area contributed by atoms with Crippen molar-refractivity contribution in [1.29, 1.82) is 0 Å². The van der Waals surface area contributed by atoms with Gasteiger partial charge in [0.25, 0.3) is 0 Å². The van der Waals surface area contributed by atoms with Gasteiger partial charge in [-0.25, -0.2) is 18.1 Å². The van der Waals surface area contributed by atoms with Crippen molar-refractivity contribution in [3.63, 3.8) is 0 Å². The molecule has 182 valence electrons. The molecular formula is C23H29N5O4S2. The van der Waals surface area contributed by atoms with Gasteiger partial charge in [0.05, 0.1) is 34.4 Å². The lowest BCUT2D eigenvalue weighted by Crippen LogP contribution is -2.44. The molecule has 3 fully saturated rings. The zero-order valence-corrected chi connectivity index (χ0v) is 21.1. The van der Waals surface area contributed by atoms with Gasteiger partial charge in [0.15, 0.2) is 16.1 Å². The van der Waals surface area contributed by atoms with Crippen molar-refractivity contribution in [2.45, 2.75) is 56.0 Å². The second-order valence-corrected chi connectivity index (χ2v) is 12.7. The molecule has 0 aromatic carbocycles. The molecule has 0 amide bonds. The first-order valence-electron chi connectivity index (χ1n) is 11.9. The smallest absolute Gasteiger partial charge is 0.157 e. The van der Waals surface area contributed by atoms with Gasteiger partial charge in [0.2, 0.25) is 0 Å². The molecular weight excluding hydrogens is 474 g/mol. The number of aromatic nitrogens is 4. The van der Waals surface area contributed by atoms with Gasteiger partial charge in [-0.15, -0.1) is 0 Å². The number of hydrogen-bond acceptors (Lipinski definition) is 9. The average molecular weight is 504 g/mol. The van der Waals surface area contributed by atoms with Crippen molar-refractivity contribution in [1.82, 2.24) is 19.1 Å². The van der Waals surface area contributed by atoms with Crippen LogP contribution in [0.1, 0.15) is 50.8 Å². The van der Waals surface area contributed by atoms with Crippen molar-refractivity contribution in [2.75, 3.05) is 37.5 Å². The lowest BCUT2D eigenvalue weighted by Gasteiger charge is -2.34. The Kier molecular flexibility index (Phi) is 5.43. The summed E-state index contributed by atoms with van der Waals surface area (Å²) in [7, 11) is -3.30. The second-order valence-electron chi connectivity index (χ2n) is 9.60. The van der Waals surface area contributed by atoms with Gasteiger partial charge >= 0.3 is 0 Å². The number of pyridine rings is 1. The first-order chi connectivity index (χ1) is 16.4. The molecule has 9 nitrogen and oxygen atoms in total. The Morgan fingerprint density at radius 1 is 1.24 bits per heavy atom. The number of sulfone groups is 1. The van der Waals surface area contributed by atoms with E-state index in [2.05, 4.69) is 16.9 Å². The minimum Gasteiger partial charge on any atom is -0.377 e. The Balaban J connectivity index is 1.54. The molecule has 0 spiro atoms. The van der Waals surface area contributed by atoms with Crippen LogP contribution in [0.2, 0.25) is 0 Å². The molecule has 1 saturated carbocycles. The normalized spacial score (nSPS) is 25.1. The molecule has 3 aromatic heterocycles. The summed E-state index contributed by atoms with van der Waals surface area (Å²) >= 11 is 1.33. The highest BCUT2D eigenvalue weighted by molar-refractivity contribution is 7.92. The lowest BCUT2D eigenvalue weighted by atomic mass is 10.1. The van der Waals surface area contributed by atoms with Gasteiger partial charge in [0, 0.05) is 25.6 Å². The fourth-order valence-electron chi connectivity index (χ4n) is 5.23. The van der Waals surface area contributed by atoms with Crippen LogP contribution in [-0.4, -0.2) is 66.2 Å². The highest BCUT2D eigenvalue weighted by atomic mass is 32.2. The maximum atomic E-state index is 12.9. The van der Waals surface area contributed by atoms with Crippen molar-refractivity contribution in [3.8, 4) is 11.4 Å². The van der Waals surface area contributed by atoms with Crippen LogP contribution in [0, 0.1) is 0 Å². The van der Waals surface area contributed by atoms with Crippen LogP contribution in [0.4, 0.5) is 5.82 Å². The predicted octanol–water partition coefficient (Wildman–Crippen LogP) is 3.51. The first-order valence-corrected chi connectivity index (χ1v) is 14.6. The monoisotopic (exact) mass is 503 g/mol. The van der Waals surface area contributed by atoms with E-state index in [0.29, 0.717) is 32.6 Å². The molecule has 34 heavy (non-hydrogen) atoms. The van der Waals surface area contributed by atoms with Crippen molar-refractivity contribution in [3.05, 3.63) is 23.9 Å². The van der Waals surface area contributed by atoms with E-state index in [1.807, 2.05) is 16.8 Å². The Bertz CT molecular complexity index is 1320. The minimum absolute atomic E-state index is 0.122. The molecule has 6 rings (SSSR count). The first kappa shape index (κ1) is 22.4. The van der Waals surface area contributed by atoms with E-state index in [9.17, 15) is 8.42 Å². The van der Waals surface area contributed by atoms with Crippen LogP contribution in [0.15, 0.2) is 18.3 Å². The van der Waals surface area contributed by atoms with E-state index >= 15 is 0 Å². The van der Waals surface area contributed by atoms with E-state index in [1.165, 1.54) is 17.8 Å². The fraction of sp³-hybridized carbons (Fsp3) is 0.609. The third-order valence-corrected chi connectivity index (χ3v) is 10.2. The largest absolute Gasteiger partial charge is 0.377 e. The summed E-state index contributed by atoms with van der Waals surface area (Å²) in [6.45, 7) is 4.78. The summed E-state index contributed by atoms with van der Waals surface area (Å²) in [6, 6.07) is 4.08.